The van der Waals surface area contributed by atoms with E-state index in [-0.39, 0.29) is 0 Å². The van der Waals surface area contributed by atoms with Crippen LogP contribution in [-0.4, -0.2) is 17.0 Å². The minimum atomic E-state index is 0.491. The first-order valence-corrected chi connectivity index (χ1v) is 6.95. The molecule has 1 fully saturated rings. The molecule has 0 unspecified atom stereocenters. The van der Waals surface area contributed by atoms with Gasteiger partial charge in [-0.25, -0.2) is 9.97 Å². The van der Waals surface area contributed by atoms with Crippen LogP contribution in [0.1, 0.15) is 24.6 Å². The van der Waals surface area contributed by atoms with E-state index in [4.69, 9.17) is 23.2 Å². The van der Waals surface area contributed by atoms with E-state index in [0.29, 0.717) is 16.0 Å². The monoisotopic (exact) mass is 293 g/mol. The summed E-state index contributed by atoms with van der Waals surface area (Å²) in [5, 5.41) is 4.14. The van der Waals surface area contributed by atoms with E-state index in [2.05, 4.69) is 15.3 Å². The van der Waals surface area contributed by atoms with E-state index in [1.165, 1.54) is 0 Å². The Labute approximate surface area is 122 Å². The maximum absolute atomic E-state index is 6.26. The van der Waals surface area contributed by atoms with E-state index in [1.807, 2.05) is 25.2 Å². The molecule has 1 saturated carbocycles. The molecule has 0 radical (unpaired) electrons. The lowest BCUT2D eigenvalue weighted by molar-refractivity contribution is 0.932. The molecule has 0 bridgehead atoms. The molecule has 1 aromatic carbocycles. The number of anilines is 1. The minimum absolute atomic E-state index is 0.491. The Balaban J connectivity index is 2.13. The van der Waals surface area contributed by atoms with Crippen LogP contribution in [-0.2, 0) is 0 Å². The molecule has 0 amide bonds. The van der Waals surface area contributed by atoms with Crippen molar-refractivity contribution in [2.24, 2.45) is 0 Å². The van der Waals surface area contributed by atoms with Crippen LogP contribution in [0.5, 0.6) is 0 Å². The van der Waals surface area contributed by atoms with Crippen LogP contribution in [0.2, 0.25) is 10.0 Å². The van der Waals surface area contributed by atoms with Crippen molar-refractivity contribution in [1.29, 1.82) is 0 Å². The average molecular weight is 294 g/mol. The second-order valence-electron chi connectivity index (χ2n) is 4.62. The summed E-state index contributed by atoms with van der Waals surface area (Å²) in [6.07, 6.45) is 2.33. The van der Waals surface area contributed by atoms with Gasteiger partial charge in [-0.1, -0.05) is 35.3 Å². The number of halogens is 2. The highest BCUT2D eigenvalue weighted by molar-refractivity contribution is 6.43. The van der Waals surface area contributed by atoms with Crippen LogP contribution in [0.3, 0.4) is 0 Å². The lowest BCUT2D eigenvalue weighted by Gasteiger charge is -2.09. The predicted octanol–water partition coefficient (Wildman–Crippen LogP) is 4.37. The molecule has 0 saturated heterocycles. The van der Waals surface area contributed by atoms with Gasteiger partial charge in [0.1, 0.15) is 11.6 Å². The smallest absolute Gasteiger partial charge is 0.134 e. The zero-order chi connectivity index (χ0) is 13.4. The zero-order valence-electron chi connectivity index (χ0n) is 10.5. The van der Waals surface area contributed by atoms with Crippen molar-refractivity contribution in [3.05, 3.63) is 40.1 Å². The summed E-state index contributed by atoms with van der Waals surface area (Å²) in [6.45, 7) is 0. The van der Waals surface area contributed by atoms with Crippen LogP contribution in [0.25, 0.3) is 11.3 Å². The van der Waals surface area contributed by atoms with Crippen molar-refractivity contribution in [2.75, 3.05) is 12.4 Å². The van der Waals surface area contributed by atoms with Gasteiger partial charge < -0.3 is 5.32 Å². The summed E-state index contributed by atoms with van der Waals surface area (Å²) in [4.78, 5) is 9.11. The summed E-state index contributed by atoms with van der Waals surface area (Å²) >= 11 is 12.3. The molecule has 1 heterocycles. The second kappa shape index (κ2) is 4.99. The molecule has 0 aliphatic heterocycles. The fourth-order valence-electron chi connectivity index (χ4n) is 1.96. The number of rotatable bonds is 3. The molecule has 1 aliphatic carbocycles. The van der Waals surface area contributed by atoms with Crippen molar-refractivity contribution in [3.63, 3.8) is 0 Å². The van der Waals surface area contributed by atoms with Crippen molar-refractivity contribution in [2.45, 2.75) is 18.8 Å². The summed E-state index contributed by atoms with van der Waals surface area (Å²) < 4.78 is 0. The fraction of sp³-hybridized carbons (Fsp3) is 0.286. The molecule has 1 aromatic heterocycles. The van der Waals surface area contributed by atoms with Crippen LogP contribution >= 0.6 is 23.2 Å². The van der Waals surface area contributed by atoms with E-state index in [9.17, 15) is 0 Å². The molecule has 0 atom stereocenters. The number of nitrogens with one attached hydrogen (secondary N) is 1. The van der Waals surface area contributed by atoms with Gasteiger partial charge in [-0.2, -0.15) is 0 Å². The summed E-state index contributed by atoms with van der Waals surface area (Å²) in [5.41, 5.74) is 1.66. The summed E-state index contributed by atoms with van der Waals surface area (Å²) in [7, 11) is 1.85. The Kier molecular flexibility index (Phi) is 3.33. The van der Waals surface area contributed by atoms with Crippen molar-refractivity contribution in [3.8, 4) is 11.3 Å². The SMILES string of the molecule is CNc1cc(-c2cccc(Cl)c2Cl)nc(C2CC2)n1. The molecular weight excluding hydrogens is 281 g/mol. The Hall–Kier alpha value is -1.32. The molecule has 1 N–H and O–H groups in total. The van der Waals surface area contributed by atoms with Crippen LogP contribution in [0, 0.1) is 0 Å². The molecule has 19 heavy (non-hydrogen) atoms. The Morgan fingerprint density at radius 2 is 2.00 bits per heavy atom. The molecule has 2 aromatic rings. The van der Waals surface area contributed by atoms with Crippen molar-refractivity contribution >= 4 is 29.0 Å². The van der Waals surface area contributed by atoms with Crippen LogP contribution < -0.4 is 5.32 Å². The Bertz CT molecular complexity index is 624. The third-order valence-corrected chi connectivity index (χ3v) is 3.99. The molecular formula is C14H13Cl2N3. The standard InChI is InChI=1S/C14H13Cl2N3/c1-17-12-7-11(18-14(19-12)8-5-6-8)9-3-2-4-10(15)13(9)16/h2-4,7-8H,5-6H2,1H3,(H,17,18,19). The van der Waals surface area contributed by atoms with Gasteiger partial charge in [0, 0.05) is 24.6 Å². The highest BCUT2D eigenvalue weighted by Gasteiger charge is 2.27. The molecule has 98 valence electrons. The number of benzene rings is 1. The lowest BCUT2D eigenvalue weighted by Crippen LogP contribution is -2.01. The van der Waals surface area contributed by atoms with E-state index < -0.39 is 0 Å². The predicted molar refractivity (Wildman–Crippen MR) is 79.0 cm³/mol. The number of hydrogen-bond acceptors (Lipinski definition) is 3. The van der Waals surface area contributed by atoms with E-state index in [1.54, 1.807) is 6.07 Å². The lowest BCUT2D eigenvalue weighted by atomic mass is 10.1. The van der Waals surface area contributed by atoms with Gasteiger partial charge in [0.25, 0.3) is 0 Å². The first-order valence-electron chi connectivity index (χ1n) is 6.20. The van der Waals surface area contributed by atoms with Gasteiger partial charge in [-0.3, -0.25) is 0 Å². The maximum atomic E-state index is 6.26. The fourth-order valence-corrected chi connectivity index (χ4v) is 2.35. The first kappa shape index (κ1) is 12.7. The highest BCUT2D eigenvalue weighted by Crippen LogP contribution is 2.40. The Morgan fingerprint density at radius 1 is 1.21 bits per heavy atom. The van der Waals surface area contributed by atoms with Crippen molar-refractivity contribution < 1.29 is 0 Å². The summed E-state index contributed by atoms with van der Waals surface area (Å²) in [5.74, 6) is 2.19. The number of nitrogens with zero attached hydrogens (tertiary/aromatic N) is 2. The Morgan fingerprint density at radius 3 is 2.68 bits per heavy atom. The topological polar surface area (TPSA) is 37.8 Å². The first-order chi connectivity index (χ1) is 9.19. The van der Waals surface area contributed by atoms with Crippen LogP contribution in [0.4, 0.5) is 5.82 Å². The highest BCUT2D eigenvalue weighted by atomic mass is 35.5. The van der Waals surface area contributed by atoms with E-state index in [0.717, 1.165) is 35.7 Å². The molecule has 3 rings (SSSR count). The third kappa shape index (κ3) is 2.53. The van der Waals surface area contributed by atoms with Crippen LogP contribution in [0.15, 0.2) is 24.3 Å². The number of hydrogen-bond donors (Lipinski definition) is 1. The van der Waals surface area contributed by atoms with Gasteiger partial charge in [0.2, 0.25) is 0 Å². The quantitative estimate of drug-likeness (QED) is 0.913. The molecule has 5 heteroatoms. The van der Waals surface area contributed by atoms with Crippen molar-refractivity contribution in [1.82, 2.24) is 9.97 Å². The normalized spacial score (nSPS) is 14.5. The zero-order valence-corrected chi connectivity index (χ0v) is 12.0. The van der Waals surface area contributed by atoms with Gasteiger partial charge >= 0.3 is 0 Å². The van der Waals surface area contributed by atoms with Gasteiger partial charge in [0.15, 0.2) is 0 Å². The third-order valence-electron chi connectivity index (χ3n) is 3.17. The largest absolute Gasteiger partial charge is 0.373 e. The van der Waals surface area contributed by atoms with E-state index >= 15 is 0 Å². The molecule has 1 aliphatic rings. The maximum Gasteiger partial charge on any atom is 0.134 e. The second-order valence-corrected chi connectivity index (χ2v) is 5.41. The van der Waals surface area contributed by atoms with Gasteiger partial charge in [-0.15, -0.1) is 0 Å². The molecule has 3 nitrogen and oxygen atoms in total. The van der Waals surface area contributed by atoms with Gasteiger partial charge in [-0.05, 0) is 18.9 Å². The number of aromatic nitrogens is 2. The van der Waals surface area contributed by atoms with Gasteiger partial charge in [0.05, 0.1) is 15.7 Å². The molecule has 0 spiro atoms. The minimum Gasteiger partial charge on any atom is -0.373 e. The summed E-state index contributed by atoms with van der Waals surface area (Å²) in [6, 6.07) is 7.47. The average Bonchev–Trinajstić information content (AvgIpc) is 3.26.